The van der Waals surface area contributed by atoms with Gasteiger partial charge in [0.25, 0.3) is 0 Å². The van der Waals surface area contributed by atoms with Gasteiger partial charge in [0.15, 0.2) is 17.1 Å². The monoisotopic (exact) mass is 513 g/mol. The summed E-state index contributed by atoms with van der Waals surface area (Å²) in [7, 11) is 1.50. The van der Waals surface area contributed by atoms with E-state index in [9.17, 15) is 0 Å². The first-order chi connectivity index (χ1) is 21.9. The Morgan fingerprint density at radius 2 is 1.92 bits per heavy atom. The van der Waals surface area contributed by atoms with Crippen LogP contribution in [0.3, 0.4) is 0 Å². The van der Waals surface area contributed by atoms with Gasteiger partial charge >= 0.3 is 0 Å². The number of ether oxygens (including phenoxy) is 2. The molecule has 192 valence electrons. The third-order valence-corrected chi connectivity index (χ3v) is 5.42. The van der Waals surface area contributed by atoms with Gasteiger partial charge in [-0.05, 0) is 36.4 Å². The van der Waals surface area contributed by atoms with E-state index < -0.39 is 39.0 Å². The summed E-state index contributed by atoms with van der Waals surface area (Å²) >= 11 is 0. The molecule has 1 aliphatic rings. The van der Waals surface area contributed by atoms with Gasteiger partial charge in [0.05, 0.1) is 36.5 Å². The number of anilines is 2. The molecular weight excluding hydrogens is 474 g/mol. The van der Waals surface area contributed by atoms with E-state index in [0.29, 0.717) is 23.0 Å². The molecule has 0 radical (unpaired) electrons. The number of methoxy groups -OCH3 is 1. The van der Waals surface area contributed by atoms with Crippen LogP contribution in [0.4, 0.5) is 11.6 Å². The molecule has 0 saturated carbocycles. The van der Waals surface area contributed by atoms with Gasteiger partial charge in [0.2, 0.25) is 11.8 Å². The van der Waals surface area contributed by atoms with Crippen LogP contribution in [0.25, 0.3) is 28.3 Å². The molecule has 1 saturated heterocycles. The van der Waals surface area contributed by atoms with Crippen molar-refractivity contribution >= 4 is 28.3 Å². The van der Waals surface area contributed by atoms with Gasteiger partial charge in [-0.25, -0.2) is 9.67 Å². The Bertz CT molecular complexity index is 1880. The maximum Gasteiger partial charge on any atom is 0.225 e. The highest BCUT2D eigenvalue weighted by atomic mass is 16.5. The van der Waals surface area contributed by atoms with E-state index in [4.69, 9.17) is 33.3 Å². The Labute approximate surface area is 227 Å². The minimum Gasteiger partial charge on any atom is -0.491 e. The summed E-state index contributed by atoms with van der Waals surface area (Å²) in [6.07, 6.45) is 2.74. The van der Waals surface area contributed by atoms with E-state index >= 15 is 0 Å². The fourth-order valence-electron chi connectivity index (χ4n) is 3.62. The summed E-state index contributed by atoms with van der Waals surface area (Å²) in [5.74, 6) is 0.732. The number of piperazine rings is 1. The minimum atomic E-state index is -3.47. The van der Waals surface area contributed by atoms with Gasteiger partial charge in [0.1, 0.15) is 12.4 Å². The quantitative estimate of drug-likeness (QED) is 0.293. The number of aromatic nitrogens is 6. The van der Waals surface area contributed by atoms with Crippen molar-refractivity contribution in [1.82, 2.24) is 34.3 Å². The molecule has 12 nitrogen and oxygen atoms in total. The highest BCUT2D eigenvalue weighted by molar-refractivity contribution is 5.90. The molecule has 0 atom stereocenters. The highest BCUT2D eigenvalue weighted by Crippen LogP contribution is 2.24. The summed E-state index contributed by atoms with van der Waals surface area (Å²) < 4.78 is 106. The topological polar surface area (TPSA) is 125 Å². The Kier molecular flexibility index (Phi) is 3.96. The lowest BCUT2D eigenvalue weighted by Gasteiger charge is -2.36. The lowest BCUT2D eigenvalue weighted by molar-refractivity contribution is 0.146. The maximum atomic E-state index is 8.90. The molecule has 5 aromatic rings. The molecule has 1 aliphatic heterocycles. The molecule has 0 spiro atoms. The molecule has 37 heavy (non-hydrogen) atoms. The summed E-state index contributed by atoms with van der Waals surface area (Å²) in [4.78, 5) is 8.97. The van der Waals surface area contributed by atoms with Crippen LogP contribution in [0, 0.1) is 0 Å². The SMILES string of the molecule is [2H]C([2H])(Cn1ncc2c1nc(N)n1nc(-c3ccco3)nc21)N1C([2H])([2H])C([2H])([2H])N(c2ccc(OCCOC)cc2)C([2H])([2H])C1([2H])[2H]. The zero-order chi connectivity index (χ0) is 34.2. The largest absolute Gasteiger partial charge is 0.491 e. The number of rotatable bonds is 9. The first kappa shape index (κ1) is 14.5. The number of nitrogens with zero attached hydrogens (tertiary/aromatic N) is 8. The second-order valence-electron chi connectivity index (χ2n) is 7.77. The van der Waals surface area contributed by atoms with E-state index in [-0.39, 0.29) is 45.6 Å². The van der Waals surface area contributed by atoms with E-state index in [2.05, 4.69) is 20.2 Å². The zero-order valence-electron chi connectivity index (χ0n) is 29.6. The Balaban J connectivity index is 1.37. The molecule has 2 N–H and O–H groups in total. The van der Waals surface area contributed by atoms with Gasteiger partial charge in [0, 0.05) is 53.5 Å². The van der Waals surface area contributed by atoms with E-state index in [1.807, 2.05) is 0 Å². The summed E-state index contributed by atoms with van der Waals surface area (Å²) in [5.41, 5.74) is 6.13. The second-order valence-corrected chi connectivity index (χ2v) is 7.77. The minimum absolute atomic E-state index is 0.00384. The van der Waals surface area contributed by atoms with Crippen molar-refractivity contribution in [3.63, 3.8) is 0 Å². The average Bonchev–Trinajstić information content (AvgIpc) is 3.73. The van der Waals surface area contributed by atoms with Crippen LogP contribution in [-0.4, -0.2) is 87.1 Å². The number of nitrogen functional groups attached to an aromatic ring is 1. The number of nitrogens with two attached hydrogens (primary N) is 1. The number of hydrogen-bond donors (Lipinski definition) is 1. The van der Waals surface area contributed by atoms with Crippen molar-refractivity contribution < 1.29 is 27.6 Å². The smallest absolute Gasteiger partial charge is 0.225 e. The van der Waals surface area contributed by atoms with Gasteiger partial charge in [-0.15, -0.1) is 5.10 Å². The maximum absolute atomic E-state index is 8.90. The molecule has 1 aromatic carbocycles. The fraction of sp³-hybridized carbons (Fsp3) is 0.360. The predicted octanol–water partition coefficient (Wildman–Crippen LogP) is 2.16. The van der Waals surface area contributed by atoms with Crippen LogP contribution in [0.2, 0.25) is 0 Å². The predicted molar refractivity (Wildman–Crippen MR) is 139 cm³/mol. The summed E-state index contributed by atoms with van der Waals surface area (Å²) in [6, 6.07) is 8.63. The lowest BCUT2D eigenvalue weighted by atomic mass is 10.2. The van der Waals surface area contributed by atoms with E-state index in [0.717, 1.165) is 4.68 Å². The number of benzene rings is 1. The van der Waals surface area contributed by atoms with Crippen molar-refractivity contribution in [1.29, 1.82) is 0 Å². The zero-order valence-corrected chi connectivity index (χ0v) is 19.6. The summed E-state index contributed by atoms with van der Waals surface area (Å²) in [5, 5.41) is 8.73. The molecule has 12 heteroatoms. The molecule has 5 heterocycles. The molecule has 0 amide bonds. The van der Waals surface area contributed by atoms with Crippen molar-refractivity contribution in [2.75, 3.05) is 63.4 Å². The van der Waals surface area contributed by atoms with Crippen molar-refractivity contribution in [2.24, 2.45) is 0 Å². The molecule has 0 bridgehead atoms. The number of fused-ring (bicyclic) bond motifs is 3. The number of aryl methyl sites for hydroxylation is 1. The van der Waals surface area contributed by atoms with Crippen LogP contribution in [0.5, 0.6) is 5.75 Å². The van der Waals surface area contributed by atoms with Gasteiger partial charge in [-0.1, -0.05) is 0 Å². The van der Waals surface area contributed by atoms with Crippen LogP contribution < -0.4 is 15.4 Å². The molecule has 4 aromatic heterocycles. The Morgan fingerprint density at radius 1 is 1.08 bits per heavy atom. The number of furan rings is 1. The van der Waals surface area contributed by atoms with Gasteiger partial charge in [-0.3, -0.25) is 4.90 Å². The van der Waals surface area contributed by atoms with Crippen molar-refractivity contribution in [3.8, 4) is 17.3 Å². The molecule has 0 unspecified atom stereocenters. The van der Waals surface area contributed by atoms with E-state index in [1.54, 1.807) is 12.1 Å². The average molecular weight is 514 g/mol. The first-order valence-electron chi connectivity index (χ1n) is 16.2. The third kappa shape index (κ3) is 4.68. The second kappa shape index (κ2) is 10.1. The lowest BCUT2D eigenvalue weighted by Crippen LogP contribution is -2.47. The first-order valence-corrected chi connectivity index (χ1v) is 11.2. The normalized spacial score (nSPS) is 24.5. The molecule has 1 fully saturated rings. The Morgan fingerprint density at radius 3 is 2.68 bits per heavy atom. The highest BCUT2D eigenvalue weighted by Gasteiger charge is 2.20. The summed E-state index contributed by atoms with van der Waals surface area (Å²) in [6.45, 7) is -17.1. The molecule has 6 rings (SSSR count). The van der Waals surface area contributed by atoms with Crippen LogP contribution >= 0.6 is 0 Å². The number of hydrogen-bond acceptors (Lipinski definition) is 10. The van der Waals surface area contributed by atoms with Gasteiger partial charge in [-0.2, -0.15) is 14.6 Å². The third-order valence-electron chi connectivity index (χ3n) is 5.42. The fourth-order valence-corrected chi connectivity index (χ4v) is 3.62. The van der Waals surface area contributed by atoms with Crippen molar-refractivity contribution in [2.45, 2.75) is 6.54 Å². The van der Waals surface area contributed by atoms with Gasteiger partial charge < -0.3 is 24.5 Å². The van der Waals surface area contributed by atoms with Crippen LogP contribution in [0.15, 0.2) is 53.3 Å². The van der Waals surface area contributed by atoms with E-state index in [1.165, 1.54) is 48.4 Å². The van der Waals surface area contributed by atoms with Crippen LogP contribution in [0.1, 0.15) is 13.7 Å². The Hall–Kier alpha value is -4.16. The van der Waals surface area contributed by atoms with Crippen molar-refractivity contribution in [3.05, 3.63) is 48.9 Å². The molecular formula is C25H29N9O3. The standard InChI is InChI=1S/C25H29N9O3/c1-35-15-16-36-19-6-4-18(5-7-19)32-11-8-31(9-12-32)10-13-33-23-20(17-27-33)24-28-22(21-3-2-14-37-21)30-34(24)25(26)29-23/h2-7,14,17H,8-13,15-16H2,1H3,(H2,26,29)/i8D2,9D2,10D2,11D2,12D2. The van der Waals surface area contributed by atoms with Crippen LogP contribution in [-0.2, 0) is 11.3 Å². The molecule has 0 aliphatic carbocycles.